The second-order valence-corrected chi connectivity index (χ2v) is 5.28. The van der Waals surface area contributed by atoms with E-state index in [1.54, 1.807) is 12.5 Å². The van der Waals surface area contributed by atoms with E-state index in [1.165, 1.54) is 0 Å². The maximum atomic E-state index is 5.36. The number of para-hydroxylation sites is 2. The molecule has 6 heteroatoms. The van der Waals surface area contributed by atoms with Crippen LogP contribution >= 0.6 is 0 Å². The van der Waals surface area contributed by atoms with Gasteiger partial charge in [-0.15, -0.1) is 0 Å². The van der Waals surface area contributed by atoms with Crippen LogP contribution in [0, 0.1) is 0 Å². The highest BCUT2D eigenvalue weighted by Gasteiger charge is 2.10. The Morgan fingerprint density at radius 2 is 1.17 bits per heavy atom. The molecule has 0 radical (unpaired) electrons. The molecular formula is C18H16N4O2. The summed E-state index contributed by atoms with van der Waals surface area (Å²) in [6.07, 6.45) is 3.30. The van der Waals surface area contributed by atoms with Gasteiger partial charge in [0.1, 0.15) is 11.5 Å². The fraction of sp³-hybridized carbons (Fsp3) is 0.111. The number of hydrogen-bond donors (Lipinski definition) is 2. The third-order valence-corrected chi connectivity index (χ3v) is 3.59. The van der Waals surface area contributed by atoms with E-state index in [9.17, 15) is 0 Å². The number of anilines is 2. The Hall–Kier alpha value is -3.28. The summed E-state index contributed by atoms with van der Waals surface area (Å²) in [6, 6.07) is 15.3. The van der Waals surface area contributed by atoms with Gasteiger partial charge in [0.25, 0.3) is 0 Å². The predicted molar refractivity (Wildman–Crippen MR) is 91.6 cm³/mol. The van der Waals surface area contributed by atoms with Gasteiger partial charge in [-0.1, -0.05) is 12.1 Å². The topological polar surface area (TPSA) is 76.1 Å². The van der Waals surface area contributed by atoms with Gasteiger partial charge < -0.3 is 19.5 Å². The van der Waals surface area contributed by atoms with E-state index in [0.717, 1.165) is 22.6 Å². The van der Waals surface area contributed by atoms with Crippen molar-refractivity contribution in [3.05, 3.63) is 72.6 Å². The van der Waals surface area contributed by atoms with Gasteiger partial charge in [0.05, 0.1) is 36.6 Å². The molecule has 120 valence electrons. The van der Waals surface area contributed by atoms with Crippen molar-refractivity contribution < 1.29 is 8.83 Å². The molecule has 0 aliphatic heterocycles. The minimum atomic E-state index is 0.537. The smallest absolute Gasteiger partial charge is 0.170 e. The van der Waals surface area contributed by atoms with Crippen molar-refractivity contribution in [2.45, 2.75) is 13.1 Å². The quantitative estimate of drug-likeness (QED) is 0.558. The number of hydrogen-bond acceptors (Lipinski definition) is 6. The fourth-order valence-electron chi connectivity index (χ4n) is 2.41. The van der Waals surface area contributed by atoms with Crippen molar-refractivity contribution in [1.82, 2.24) is 9.97 Å². The highest BCUT2D eigenvalue weighted by atomic mass is 16.3. The van der Waals surface area contributed by atoms with Gasteiger partial charge in [0.15, 0.2) is 11.6 Å². The van der Waals surface area contributed by atoms with E-state index in [4.69, 9.17) is 8.83 Å². The molecule has 0 saturated carbocycles. The number of furan rings is 2. The normalized spacial score (nSPS) is 10.8. The zero-order valence-electron chi connectivity index (χ0n) is 12.9. The van der Waals surface area contributed by atoms with Crippen LogP contribution in [0.3, 0.4) is 0 Å². The molecule has 0 fully saturated rings. The Morgan fingerprint density at radius 3 is 1.58 bits per heavy atom. The summed E-state index contributed by atoms with van der Waals surface area (Å²) in [5, 5.41) is 6.55. The molecule has 4 aromatic rings. The fourth-order valence-corrected chi connectivity index (χ4v) is 2.41. The number of nitrogens with zero attached hydrogens (tertiary/aromatic N) is 2. The molecule has 2 N–H and O–H groups in total. The number of nitrogens with one attached hydrogen (secondary N) is 2. The number of benzene rings is 1. The second kappa shape index (κ2) is 6.45. The van der Waals surface area contributed by atoms with E-state index < -0.39 is 0 Å². The Kier molecular flexibility index (Phi) is 3.85. The van der Waals surface area contributed by atoms with Crippen LogP contribution in [0.1, 0.15) is 11.5 Å². The molecule has 0 spiro atoms. The minimum Gasteiger partial charge on any atom is -0.467 e. The van der Waals surface area contributed by atoms with Crippen LogP contribution in [0.4, 0.5) is 11.6 Å². The van der Waals surface area contributed by atoms with Gasteiger partial charge in [-0.25, -0.2) is 9.97 Å². The molecule has 6 nitrogen and oxygen atoms in total. The molecular weight excluding hydrogens is 304 g/mol. The molecule has 0 saturated heterocycles. The van der Waals surface area contributed by atoms with E-state index in [0.29, 0.717) is 24.7 Å². The first-order valence-corrected chi connectivity index (χ1v) is 7.68. The van der Waals surface area contributed by atoms with E-state index in [1.807, 2.05) is 48.5 Å². The Balaban J connectivity index is 1.61. The lowest BCUT2D eigenvalue weighted by molar-refractivity contribution is 0.516. The van der Waals surface area contributed by atoms with Crippen LogP contribution in [0.25, 0.3) is 11.0 Å². The standard InChI is InChI=1S/C18H16N4O2/c1-2-8-16-15(7-1)21-17(19-11-13-5-3-9-23-13)18(22-16)20-12-14-6-4-10-24-14/h1-10H,11-12H2,(H,19,21)(H,20,22). The first kappa shape index (κ1) is 14.3. The van der Waals surface area contributed by atoms with Gasteiger partial charge in [-0.05, 0) is 36.4 Å². The van der Waals surface area contributed by atoms with Crippen molar-refractivity contribution in [3.8, 4) is 0 Å². The Labute approximate surface area is 138 Å². The van der Waals surface area contributed by atoms with Gasteiger partial charge >= 0.3 is 0 Å². The average Bonchev–Trinajstić information content (AvgIpc) is 3.31. The molecule has 24 heavy (non-hydrogen) atoms. The van der Waals surface area contributed by atoms with Crippen molar-refractivity contribution >= 4 is 22.7 Å². The van der Waals surface area contributed by atoms with Crippen LogP contribution in [0.2, 0.25) is 0 Å². The summed E-state index contributed by atoms with van der Waals surface area (Å²) < 4.78 is 10.7. The third-order valence-electron chi connectivity index (χ3n) is 3.59. The Bertz CT molecular complexity index is 841. The molecule has 4 rings (SSSR count). The number of rotatable bonds is 6. The number of fused-ring (bicyclic) bond motifs is 1. The van der Waals surface area contributed by atoms with Gasteiger partial charge in [0, 0.05) is 0 Å². The predicted octanol–water partition coefficient (Wildman–Crippen LogP) is 4.04. The van der Waals surface area contributed by atoms with E-state index >= 15 is 0 Å². The first-order valence-electron chi connectivity index (χ1n) is 7.68. The first-order chi connectivity index (χ1) is 11.9. The lowest BCUT2D eigenvalue weighted by Gasteiger charge is -2.12. The molecule has 3 heterocycles. The number of aromatic nitrogens is 2. The second-order valence-electron chi connectivity index (χ2n) is 5.28. The van der Waals surface area contributed by atoms with Gasteiger partial charge in [0.2, 0.25) is 0 Å². The molecule has 0 aliphatic rings. The lowest BCUT2D eigenvalue weighted by atomic mass is 10.3. The molecule has 0 bridgehead atoms. The van der Waals surface area contributed by atoms with Crippen LogP contribution < -0.4 is 10.6 Å². The minimum absolute atomic E-state index is 0.537. The maximum absolute atomic E-state index is 5.36. The van der Waals surface area contributed by atoms with Crippen molar-refractivity contribution in [1.29, 1.82) is 0 Å². The Morgan fingerprint density at radius 1 is 0.667 bits per heavy atom. The average molecular weight is 320 g/mol. The van der Waals surface area contributed by atoms with Crippen LogP contribution in [-0.4, -0.2) is 9.97 Å². The largest absolute Gasteiger partial charge is 0.467 e. The molecule has 3 aromatic heterocycles. The van der Waals surface area contributed by atoms with Crippen molar-refractivity contribution in [3.63, 3.8) is 0 Å². The summed E-state index contributed by atoms with van der Waals surface area (Å²) in [4.78, 5) is 9.33. The summed E-state index contributed by atoms with van der Waals surface area (Å²) in [6.45, 7) is 1.07. The summed E-state index contributed by atoms with van der Waals surface area (Å²) in [5.41, 5.74) is 1.67. The van der Waals surface area contributed by atoms with Gasteiger partial charge in [-0.3, -0.25) is 0 Å². The van der Waals surface area contributed by atoms with Gasteiger partial charge in [-0.2, -0.15) is 0 Å². The zero-order valence-corrected chi connectivity index (χ0v) is 12.9. The summed E-state index contributed by atoms with van der Waals surface area (Å²) in [5.74, 6) is 3.03. The summed E-state index contributed by atoms with van der Waals surface area (Å²) in [7, 11) is 0. The zero-order chi connectivity index (χ0) is 16.2. The highest BCUT2D eigenvalue weighted by Crippen LogP contribution is 2.22. The SMILES string of the molecule is c1coc(CNc2nc3ccccc3nc2NCc2ccco2)c1. The van der Waals surface area contributed by atoms with Crippen LogP contribution in [0.5, 0.6) is 0 Å². The molecule has 1 aromatic carbocycles. The van der Waals surface area contributed by atoms with E-state index in [-0.39, 0.29) is 0 Å². The maximum Gasteiger partial charge on any atom is 0.170 e. The van der Waals surface area contributed by atoms with Crippen molar-refractivity contribution in [2.75, 3.05) is 10.6 Å². The van der Waals surface area contributed by atoms with Crippen LogP contribution in [-0.2, 0) is 13.1 Å². The monoisotopic (exact) mass is 320 g/mol. The van der Waals surface area contributed by atoms with E-state index in [2.05, 4.69) is 20.6 Å². The summed E-state index contributed by atoms with van der Waals surface area (Å²) >= 11 is 0. The molecule has 0 amide bonds. The van der Waals surface area contributed by atoms with Crippen molar-refractivity contribution in [2.24, 2.45) is 0 Å². The molecule has 0 atom stereocenters. The molecule has 0 unspecified atom stereocenters. The highest BCUT2D eigenvalue weighted by molar-refractivity contribution is 5.80. The molecule has 0 aliphatic carbocycles. The third kappa shape index (κ3) is 3.08. The lowest BCUT2D eigenvalue weighted by Crippen LogP contribution is -2.08. The van der Waals surface area contributed by atoms with Crippen LogP contribution in [0.15, 0.2) is 69.9 Å².